The van der Waals surface area contributed by atoms with Crippen LogP contribution in [0.1, 0.15) is 31.8 Å². The van der Waals surface area contributed by atoms with E-state index in [2.05, 4.69) is 10.1 Å². The summed E-state index contributed by atoms with van der Waals surface area (Å²) in [6, 6.07) is 10.9. The lowest BCUT2D eigenvalue weighted by Gasteiger charge is -2.07. The van der Waals surface area contributed by atoms with E-state index in [0.29, 0.717) is 11.1 Å². The van der Waals surface area contributed by atoms with E-state index in [4.69, 9.17) is 0 Å². The largest absolute Gasteiger partial charge is 0.465 e. The molecule has 24 heavy (non-hydrogen) atoms. The average Bonchev–Trinajstić information content (AvgIpc) is 2.59. The Balaban J connectivity index is 2.04. The van der Waals surface area contributed by atoms with E-state index in [-0.39, 0.29) is 17.8 Å². The summed E-state index contributed by atoms with van der Waals surface area (Å²) in [5.41, 5.74) is 1.83. The van der Waals surface area contributed by atoms with Crippen molar-refractivity contribution in [1.29, 1.82) is 0 Å². The number of rotatable bonds is 5. The summed E-state index contributed by atoms with van der Waals surface area (Å²) >= 11 is 0. The summed E-state index contributed by atoms with van der Waals surface area (Å²) in [5.74, 6) is -0.840. The van der Waals surface area contributed by atoms with Crippen LogP contribution in [0.3, 0.4) is 0 Å². The molecule has 0 saturated heterocycles. The first kappa shape index (κ1) is 17.1. The zero-order chi connectivity index (χ0) is 17.7. The minimum Gasteiger partial charge on any atom is -0.465 e. The molecule has 0 aliphatic rings. The lowest BCUT2D eigenvalue weighted by Crippen LogP contribution is -2.23. The van der Waals surface area contributed by atoms with Gasteiger partial charge in [-0.2, -0.15) is 0 Å². The molecule has 7 nitrogen and oxygen atoms in total. The van der Waals surface area contributed by atoms with Gasteiger partial charge in [0.1, 0.15) is 0 Å². The summed E-state index contributed by atoms with van der Waals surface area (Å²) in [6.45, 7) is 1.85. The van der Waals surface area contributed by atoms with Crippen LogP contribution in [0.4, 0.5) is 5.69 Å². The number of nitrogens with one attached hydrogen (secondary N) is 1. The Morgan fingerprint density at radius 1 is 1.12 bits per heavy atom. The molecule has 7 heteroatoms. The topological polar surface area (TPSA) is 98.5 Å². The number of carbonyl (C=O) groups excluding carboxylic acids is 2. The zero-order valence-corrected chi connectivity index (χ0v) is 13.2. The molecule has 2 aromatic rings. The van der Waals surface area contributed by atoms with E-state index < -0.39 is 16.8 Å². The fraction of sp³-hybridized carbons (Fsp3) is 0.176. The monoisotopic (exact) mass is 328 g/mol. The van der Waals surface area contributed by atoms with Crippen LogP contribution in [-0.2, 0) is 11.3 Å². The van der Waals surface area contributed by atoms with Gasteiger partial charge in [0.15, 0.2) is 0 Å². The Morgan fingerprint density at radius 2 is 1.75 bits per heavy atom. The molecule has 1 N–H and O–H groups in total. The maximum Gasteiger partial charge on any atom is 0.337 e. The van der Waals surface area contributed by atoms with E-state index >= 15 is 0 Å². The fourth-order valence-corrected chi connectivity index (χ4v) is 2.11. The third-order valence-corrected chi connectivity index (χ3v) is 3.50. The standard InChI is InChI=1S/C17H16N2O5/c1-11-3-6-14(9-15(11)19(22)23)16(20)18-10-12-4-7-13(8-5-12)17(21)24-2/h3-9H,10H2,1-2H3,(H,18,20). The van der Waals surface area contributed by atoms with E-state index in [1.165, 1.54) is 25.3 Å². The molecular formula is C17H16N2O5. The highest BCUT2D eigenvalue weighted by Crippen LogP contribution is 2.19. The lowest BCUT2D eigenvalue weighted by atomic mass is 10.1. The van der Waals surface area contributed by atoms with Gasteiger partial charge in [0.05, 0.1) is 17.6 Å². The molecule has 1 amide bonds. The van der Waals surface area contributed by atoms with Crippen LogP contribution in [0.15, 0.2) is 42.5 Å². The van der Waals surface area contributed by atoms with E-state index in [1.807, 2.05) is 0 Å². The van der Waals surface area contributed by atoms with Gasteiger partial charge in [-0.05, 0) is 30.7 Å². The summed E-state index contributed by atoms with van der Waals surface area (Å²) < 4.78 is 4.61. The van der Waals surface area contributed by atoms with Crippen molar-refractivity contribution in [2.45, 2.75) is 13.5 Å². The molecule has 124 valence electrons. The highest BCUT2D eigenvalue weighted by molar-refractivity contribution is 5.95. The smallest absolute Gasteiger partial charge is 0.337 e. The predicted molar refractivity (Wildman–Crippen MR) is 86.8 cm³/mol. The number of amides is 1. The van der Waals surface area contributed by atoms with Gasteiger partial charge >= 0.3 is 5.97 Å². The number of nitrogens with zero attached hydrogens (tertiary/aromatic N) is 1. The number of nitro groups is 1. The van der Waals surface area contributed by atoms with Crippen molar-refractivity contribution in [2.75, 3.05) is 7.11 Å². The van der Waals surface area contributed by atoms with Gasteiger partial charge in [0.25, 0.3) is 11.6 Å². The van der Waals surface area contributed by atoms with Gasteiger partial charge in [-0.25, -0.2) is 4.79 Å². The van der Waals surface area contributed by atoms with Gasteiger partial charge < -0.3 is 10.1 Å². The SMILES string of the molecule is COC(=O)c1ccc(CNC(=O)c2ccc(C)c([N+](=O)[O-])c2)cc1. The number of aryl methyl sites for hydroxylation is 1. The number of hydrogen-bond acceptors (Lipinski definition) is 5. The minimum atomic E-state index is -0.516. The second kappa shape index (κ2) is 7.36. The summed E-state index contributed by atoms with van der Waals surface area (Å²) in [5, 5.41) is 13.6. The Kier molecular flexibility index (Phi) is 5.26. The van der Waals surface area contributed by atoms with Gasteiger partial charge in [0, 0.05) is 23.7 Å². The summed E-state index contributed by atoms with van der Waals surface area (Å²) in [4.78, 5) is 33.9. The number of methoxy groups -OCH3 is 1. The number of esters is 1. The summed E-state index contributed by atoms with van der Waals surface area (Å²) in [6.07, 6.45) is 0. The van der Waals surface area contributed by atoms with Gasteiger partial charge in [-0.1, -0.05) is 18.2 Å². The summed E-state index contributed by atoms with van der Waals surface area (Å²) in [7, 11) is 1.30. The van der Waals surface area contributed by atoms with Crippen LogP contribution in [0, 0.1) is 17.0 Å². The van der Waals surface area contributed by atoms with Crippen LogP contribution in [-0.4, -0.2) is 23.9 Å². The number of ether oxygens (including phenoxy) is 1. The molecule has 2 rings (SSSR count). The van der Waals surface area contributed by atoms with Crippen molar-refractivity contribution in [2.24, 2.45) is 0 Å². The van der Waals surface area contributed by atoms with Crippen LogP contribution >= 0.6 is 0 Å². The number of benzene rings is 2. The average molecular weight is 328 g/mol. The Bertz CT molecular complexity index is 784. The molecule has 0 aliphatic carbocycles. The van der Waals surface area contributed by atoms with Crippen LogP contribution in [0.25, 0.3) is 0 Å². The number of nitro benzene ring substituents is 1. The fourth-order valence-electron chi connectivity index (χ4n) is 2.11. The first-order valence-corrected chi connectivity index (χ1v) is 7.13. The molecule has 2 aromatic carbocycles. The van der Waals surface area contributed by atoms with Crippen LogP contribution in [0.5, 0.6) is 0 Å². The maximum absolute atomic E-state index is 12.1. The Hall–Kier alpha value is -3.22. The lowest BCUT2D eigenvalue weighted by molar-refractivity contribution is -0.385. The Morgan fingerprint density at radius 3 is 2.33 bits per heavy atom. The normalized spacial score (nSPS) is 10.1. The third kappa shape index (κ3) is 3.95. The maximum atomic E-state index is 12.1. The number of carbonyl (C=O) groups is 2. The predicted octanol–water partition coefficient (Wildman–Crippen LogP) is 2.62. The molecule has 0 unspecified atom stereocenters. The van der Waals surface area contributed by atoms with Crippen molar-refractivity contribution in [1.82, 2.24) is 5.32 Å². The highest BCUT2D eigenvalue weighted by Gasteiger charge is 2.14. The Labute approximate surface area is 138 Å². The molecule has 0 heterocycles. The molecule has 0 saturated carbocycles. The van der Waals surface area contributed by atoms with Crippen molar-refractivity contribution in [3.8, 4) is 0 Å². The van der Waals surface area contributed by atoms with Gasteiger partial charge in [0.2, 0.25) is 0 Å². The third-order valence-electron chi connectivity index (χ3n) is 3.50. The van der Waals surface area contributed by atoms with Gasteiger partial charge in [-0.3, -0.25) is 14.9 Å². The molecule has 0 radical (unpaired) electrons. The van der Waals surface area contributed by atoms with Crippen molar-refractivity contribution >= 4 is 17.6 Å². The van der Waals surface area contributed by atoms with Crippen LogP contribution < -0.4 is 5.32 Å². The molecule has 0 spiro atoms. The van der Waals surface area contributed by atoms with Crippen molar-refractivity contribution in [3.05, 3.63) is 74.8 Å². The zero-order valence-electron chi connectivity index (χ0n) is 13.2. The van der Waals surface area contributed by atoms with E-state index in [1.54, 1.807) is 31.2 Å². The second-order valence-electron chi connectivity index (χ2n) is 5.13. The second-order valence-corrected chi connectivity index (χ2v) is 5.13. The highest BCUT2D eigenvalue weighted by atomic mass is 16.6. The van der Waals surface area contributed by atoms with E-state index in [0.717, 1.165) is 5.56 Å². The van der Waals surface area contributed by atoms with Gasteiger partial charge in [-0.15, -0.1) is 0 Å². The quantitative estimate of drug-likeness (QED) is 0.517. The molecular weight excluding hydrogens is 312 g/mol. The minimum absolute atomic E-state index is 0.0925. The molecule has 0 bridgehead atoms. The molecule has 0 aromatic heterocycles. The first-order valence-electron chi connectivity index (χ1n) is 7.13. The first-order chi connectivity index (χ1) is 11.4. The molecule has 0 fully saturated rings. The van der Waals surface area contributed by atoms with E-state index in [9.17, 15) is 19.7 Å². The van der Waals surface area contributed by atoms with Crippen LogP contribution in [0.2, 0.25) is 0 Å². The molecule has 0 aliphatic heterocycles. The number of hydrogen-bond donors (Lipinski definition) is 1. The van der Waals surface area contributed by atoms with Crippen molar-refractivity contribution in [3.63, 3.8) is 0 Å². The molecule has 0 atom stereocenters. The van der Waals surface area contributed by atoms with Crippen molar-refractivity contribution < 1.29 is 19.2 Å².